The third-order valence-electron chi connectivity index (χ3n) is 3.36. The molecule has 0 N–H and O–H groups in total. The van der Waals surface area contributed by atoms with E-state index >= 15 is 0 Å². The van der Waals surface area contributed by atoms with Crippen molar-refractivity contribution in [3.63, 3.8) is 0 Å². The highest BCUT2D eigenvalue weighted by molar-refractivity contribution is 7.07. The van der Waals surface area contributed by atoms with Gasteiger partial charge in [0.1, 0.15) is 0 Å². The maximum atomic E-state index is 5.69. The van der Waals surface area contributed by atoms with Crippen molar-refractivity contribution in [3.05, 3.63) is 22.4 Å². The van der Waals surface area contributed by atoms with Gasteiger partial charge in [0, 0.05) is 18.5 Å². The highest BCUT2D eigenvalue weighted by Gasteiger charge is 2.28. The van der Waals surface area contributed by atoms with Crippen molar-refractivity contribution in [1.29, 1.82) is 0 Å². The Bertz CT molecular complexity index is 295. The molecule has 0 aliphatic heterocycles. The standard InChI is InChI=1S/C14H22ClNS/c15-8-3-1-2-4-9-16(14-5-6-14)11-13-7-10-17-12-13/h7,10,12,14H,1-6,8-9,11H2. The van der Waals surface area contributed by atoms with E-state index in [1.54, 1.807) is 0 Å². The number of thiophene rings is 1. The second kappa shape index (κ2) is 7.40. The van der Waals surface area contributed by atoms with E-state index in [1.807, 2.05) is 11.3 Å². The Morgan fingerprint density at radius 1 is 1.24 bits per heavy atom. The predicted molar refractivity (Wildman–Crippen MR) is 76.9 cm³/mol. The van der Waals surface area contributed by atoms with Crippen molar-refractivity contribution in [2.75, 3.05) is 12.4 Å². The van der Waals surface area contributed by atoms with Crippen LogP contribution in [-0.2, 0) is 6.54 Å². The van der Waals surface area contributed by atoms with Crippen LogP contribution in [0.3, 0.4) is 0 Å². The largest absolute Gasteiger partial charge is 0.296 e. The van der Waals surface area contributed by atoms with Crippen LogP contribution < -0.4 is 0 Å². The summed E-state index contributed by atoms with van der Waals surface area (Å²) in [7, 11) is 0. The summed E-state index contributed by atoms with van der Waals surface area (Å²) in [6.07, 6.45) is 7.95. The fourth-order valence-electron chi connectivity index (χ4n) is 2.21. The molecule has 1 aliphatic carbocycles. The number of alkyl halides is 1. The van der Waals surface area contributed by atoms with E-state index in [1.165, 1.54) is 50.6 Å². The lowest BCUT2D eigenvalue weighted by atomic mass is 10.2. The molecule has 1 aromatic rings. The normalized spacial score (nSPS) is 15.6. The number of nitrogens with zero attached hydrogens (tertiary/aromatic N) is 1. The molecule has 96 valence electrons. The number of hydrogen-bond donors (Lipinski definition) is 0. The third-order valence-corrected chi connectivity index (χ3v) is 4.36. The topological polar surface area (TPSA) is 3.24 Å². The fourth-order valence-corrected chi connectivity index (χ4v) is 3.06. The average molecular weight is 272 g/mol. The molecule has 1 fully saturated rings. The van der Waals surface area contributed by atoms with Gasteiger partial charge in [-0.25, -0.2) is 0 Å². The summed E-state index contributed by atoms with van der Waals surface area (Å²) >= 11 is 7.50. The van der Waals surface area contributed by atoms with Crippen molar-refractivity contribution in [3.8, 4) is 0 Å². The second-order valence-corrected chi connectivity index (χ2v) is 6.09. The van der Waals surface area contributed by atoms with Gasteiger partial charge in [-0.1, -0.05) is 12.8 Å². The summed E-state index contributed by atoms with van der Waals surface area (Å²) in [6, 6.07) is 3.14. The van der Waals surface area contributed by atoms with Crippen LogP contribution in [-0.4, -0.2) is 23.4 Å². The molecule has 1 nitrogen and oxygen atoms in total. The highest BCUT2D eigenvalue weighted by atomic mass is 35.5. The zero-order valence-electron chi connectivity index (χ0n) is 10.4. The first-order valence-corrected chi connectivity index (χ1v) is 8.19. The van der Waals surface area contributed by atoms with E-state index in [-0.39, 0.29) is 0 Å². The first-order valence-electron chi connectivity index (χ1n) is 6.71. The van der Waals surface area contributed by atoms with Crippen LogP contribution in [0.2, 0.25) is 0 Å². The first kappa shape index (κ1) is 13.4. The number of rotatable bonds is 9. The summed E-state index contributed by atoms with van der Waals surface area (Å²) in [5.41, 5.74) is 1.49. The Morgan fingerprint density at radius 3 is 2.71 bits per heavy atom. The first-order chi connectivity index (χ1) is 8.40. The summed E-state index contributed by atoms with van der Waals surface area (Å²) in [5.74, 6) is 0.821. The molecular weight excluding hydrogens is 250 g/mol. The number of halogens is 1. The van der Waals surface area contributed by atoms with E-state index in [0.717, 1.165) is 18.5 Å². The van der Waals surface area contributed by atoms with Crippen molar-refractivity contribution >= 4 is 22.9 Å². The Labute approximate surface area is 114 Å². The van der Waals surface area contributed by atoms with Gasteiger partial charge in [-0.3, -0.25) is 4.90 Å². The molecule has 0 unspecified atom stereocenters. The van der Waals surface area contributed by atoms with Gasteiger partial charge >= 0.3 is 0 Å². The van der Waals surface area contributed by atoms with Gasteiger partial charge in [-0.2, -0.15) is 11.3 Å². The summed E-state index contributed by atoms with van der Waals surface area (Å²) in [4.78, 5) is 2.67. The smallest absolute Gasteiger partial charge is 0.0244 e. The van der Waals surface area contributed by atoms with E-state index in [0.29, 0.717) is 0 Å². The molecule has 0 saturated heterocycles. The van der Waals surface area contributed by atoms with E-state index in [9.17, 15) is 0 Å². The van der Waals surface area contributed by atoms with E-state index in [2.05, 4.69) is 21.7 Å². The predicted octanol–water partition coefficient (Wildman–Crippen LogP) is 4.51. The maximum absolute atomic E-state index is 5.69. The van der Waals surface area contributed by atoms with Crippen LogP contribution in [0.4, 0.5) is 0 Å². The average Bonchev–Trinajstić information content (AvgIpc) is 3.06. The Morgan fingerprint density at radius 2 is 2.06 bits per heavy atom. The molecule has 0 atom stereocenters. The molecule has 2 rings (SSSR count). The van der Waals surface area contributed by atoms with Crippen LogP contribution in [0, 0.1) is 0 Å². The van der Waals surface area contributed by atoms with Crippen molar-refractivity contribution in [2.24, 2.45) is 0 Å². The zero-order valence-corrected chi connectivity index (χ0v) is 12.0. The van der Waals surface area contributed by atoms with Crippen LogP contribution in [0.5, 0.6) is 0 Å². The highest BCUT2D eigenvalue weighted by Crippen LogP contribution is 2.29. The minimum Gasteiger partial charge on any atom is -0.296 e. The summed E-state index contributed by atoms with van der Waals surface area (Å²) in [6.45, 7) is 2.42. The lowest BCUT2D eigenvalue weighted by Gasteiger charge is -2.21. The molecule has 3 heteroatoms. The molecule has 1 heterocycles. The van der Waals surface area contributed by atoms with Crippen LogP contribution >= 0.6 is 22.9 Å². The zero-order chi connectivity index (χ0) is 11.9. The Hall–Kier alpha value is -0.0500. The number of unbranched alkanes of at least 4 members (excludes halogenated alkanes) is 3. The van der Waals surface area contributed by atoms with Gasteiger partial charge in [0.2, 0.25) is 0 Å². The van der Waals surface area contributed by atoms with E-state index < -0.39 is 0 Å². The Kier molecular flexibility index (Phi) is 5.82. The molecule has 0 amide bonds. The minimum atomic E-state index is 0.821. The molecular formula is C14H22ClNS. The summed E-state index contributed by atoms with van der Waals surface area (Å²) < 4.78 is 0. The molecule has 1 aliphatic rings. The van der Waals surface area contributed by atoms with Gasteiger partial charge in [-0.15, -0.1) is 11.6 Å². The van der Waals surface area contributed by atoms with Crippen molar-refractivity contribution < 1.29 is 0 Å². The monoisotopic (exact) mass is 271 g/mol. The molecule has 0 radical (unpaired) electrons. The lowest BCUT2D eigenvalue weighted by molar-refractivity contribution is 0.249. The number of hydrogen-bond acceptors (Lipinski definition) is 2. The summed E-state index contributed by atoms with van der Waals surface area (Å²) in [5, 5.41) is 4.46. The van der Waals surface area contributed by atoms with Gasteiger partial charge in [0.15, 0.2) is 0 Å². The SMILES string of the molecule is ClCCCCCCN(Cc1ccsc1)C1CC1. The second-order valence-electron chi connectivity index (χ2n) is 4.94. The fraction of sp³-hybridized carbons (Fsp3) is 0.714. The van der Waals surface area contributed by atoms with Crippen molar-refractivity contribution in [1.82, 2.24) is 4.90 Å². The molecule has 0 aromatic carbocycles. The molecule has 0 spiro atoms. The third kappa shape index (κ3) is 4.99. The Balaban J connectivity index is 1.66. The van der Waals surface area contributed by atoms with Gasteiger partial charge in [0.25, 0.3) is 0 Å². The van der Waals surface area contributed by atoms with Gasteiger partial charge in [-0.05, 0) is 54.6 Å². The molecule has 0 bridgehead atoms. The van der Waals surface area contributed by atoms with E-state index in [4.69, 9.17) is 11.6 Å². The van der Waals surface area contributed by atoms with Gasteiger partial charge < -0.3 is 0 Å². The maximum Gasteiger partial charge on any atom is 0.0244 e. The molecule has 17 heavy (non-hydrogen) atoms. The minimum absolute atomic E-state index is 0.821. The lowest BCUT2D eigenvalue weighted by Crippen LogP contribution is -2.26. The van der Waals surface area contributed by atoms with Crippen LogP contribution in [0.15, 0.2) is 16.8 Å². The van der Waals surface area contributed by atoms with Crippen molar-refractivity contribution in [2.45, 2.75) is 51.1 Å². The van der Waals surface area contributed by atoms with Gasteiger partial charge in [0.05, 0.1) is 0 Å². The molecule has 1 saturated carbocycles. The van der Waals surface area contributed by atoms with Crippen LogP contribution in [0.25, 0.3) is 0 Å². The van der Waals surface area contributed by atoms with Crippen LogP contribution in [0.1, 0.15) is 44.1 Å². The molecule has 1 aromatic heterocycles. The quantitative estimate of drug-likeness (QED) is 0.472.